The quantitative estimate of drug-likeness (QED) is 0.768. The van der Waals surface area contributed by atoms with E-state index in [0.717, 1.165) is 24.3 Å². The predicted molar refractivity (Wildman–Crippen MR) is 96.8 cm³/mol. The molecule has 1 aliphatic carbocycles. The summed E-state index contributed by atoms with van der Waals surface area (Å²) in [7, 11) is 8.90. The summed E-state index contributed by atoms with van der Waals surface area (Å²) in [5, 5.41) is 0. The van der Waals surface area contributed by atoms with Gasteiger partial charge in [-0.3, -0.25) is 4.90 Å². The fraction of sp³-hybridized carbons (Fsp3) is 0.600. The second-order valence-electron chi connectivity index (χ2n) is 7.15. The molecule has 0 amide bonds. The van der Waals surface area contributed by atoms with Gasteiger partial charge in [0.05, 0.1) is 20.3 Å². The zero-order chi connectivity index (χ0) is 18.4. The Balaban J connectivity index is 1.89. The van der Waals surface area contributed by atoms with Crippen molar-refractivity contribution in [2.24, 2.45) is 0 Å². The molecule has 6 nitrogen and oxygen atoms in total. The maximum atomic E-state index is 6.38. The number of hydrogen-bond donors (Lipinski definition) is 0. The number of fused-ring (bicyclic) bond motifs is 5. The van der Waals surface area contributed by atoms with Crippen LogP contribution in [0.3, 0.4) is 0 Å². The summed E-state index contributed by atoms with van der Waals surface area (Å²) >= 11 is 0. The van der Waals surface area contributed by atoms with Gasteiger partial charge in [-0.25, -0.2) is 0 Å². The number of hydrogen-bond acceptors (Lipinski definition) is 6. The number of nitrogens with zero attached hydrogens (tertiary/aromatic N) is 1. The van der Waals surface area contributed by atoms with Crippen molar-refractivity contribution in [1.29, 1.82) is 0 Å². The minimum atomic E-state index is -0.453. The van der Waals surface area contributed by atoms with Crippen LogP contribution >= 0.6 is 0 Å². The lowest BCUT2D eigenvalue weighted by Gasteiger charge is -2.47. The van der Waals surface area contributed by atoms with Crippen LogP contribution in [-0.4, -0.2) is 65.2 Å². The SMILES string of the molecule is COc1cc2c(cc1OC)[C@@H]1[C@H](O[C@@H]2OC)[C@@H](OC)C=C2CCN(C)[C@H]21. The maximum absolute atomic E-state index is 6.38. The summed E-state index contributed by atoms with van der Waals surface area (Å²) in [5.74, 6) is 1.58. The number of benzene rings is 1. The summed E-state index contributed by atoms with van der Waals surface area (Å²) < 4.78 is 28.9. The van der Waals surface area contributed by atoms with Crippen molar-refractivity contribution in [3.05, 3.63) is 34.9 Å². The average Bonchev–Trinajstić information content (AvgIpc) is 3.05. The molecule has 26 heavy (non-hydrogen) atoms. The van der Waals surface area contributed by atoms with Crippen LogP contribution in [0, 0.1) is 0 Å². The van der Waals surface area contributed by atoms with Gasteiger partial charge < -0.3 is 23.7 Å². The highest BCUT2D eigenvalue weighted by Crippen LogP contribution is 2.51. The summed E-state index contributed by atoms with van der Waals surface area (Å²) in [6.07, 6.45) is 2.67. The average molecular weight is 361 g/mol. The van der Waals surface area contributed by atoms with Crippen LogP contribution in [0.2, 0.25) is 0 Å². The molecule has 0 spiro atoms. The van der Waals surface area contributed by atoms with E-state index in [0.29, 0.717) is 11.8 Å². The first-order valence-electron chi connectivity index (χ1n) is 9.00. The number of likely N-dealkylation sites (N-methyl/N-ethyl adjacent to an activating group) is 1. The van der Waals surface area contributed by atoms with Crippen LogP contribution in [0.4, 0.5) is 0 Å². The zero-order valence-corrected chi connectivity index (χ0v) is 16.0. The van der Waals surface area contributed by atoms with Crippen molar-refractivity contribution in [2.75, 3.05) is 42.0 Å². The van der Waals surface area contributed by atoms with Gasteiger partial charge in [-0.15, -0.1) is 0 Å². The first kappa shape index (κ1) is 17.8. The molecular formula is C20H27NO5. The van der Waals surface area contributed by atoms with E-state index in [1.807, 2.05) is 6.07 Å². The van der Waals surface area contributed by atoms with E-state index in [1.54, 1.807) is 28.4 Å². The first-order valence-corrected chi connectivity index (χ1v) is 9.00. The van der Waals surface area contributed by atoms with Gasteiger partial charge in [0.25, 0.3) is 0 Å². The largest absolute Gasteiger partial charge is 0.493 e. The van der Waals surface area contributed by atoms with Crippen molar-refractivity contribution in [3.63, 3.8) is 0 Å². The first-order chi connectivity index (χ1) is 12.6. The molecular weight excluding hydrogens is 334 g/mol. The Morgan fingerprint density at radius 2 is 1.69 bits per heavy atom. The Bertz CT molecular complexity index is 718. The molecule has 0 unspecified atom stereocenters. The number of methoxy groups -OCH3 is 4. The van der Waals surface area contributed by atoms with E-state index < -0.39 is 6.29 Å². The number of rotatable bonds is 4. The van der Waals surface area contributed by atoms with Crippen molar-refractivity contribution in [2.45, 2.75) is 36.9 Å². The van der Waals surface area contributed by atoms with Crippen molar-refractivity contribution in [1.82, 2.24) is 4.90 Å². The summed E-state index contributed by atoms with van der Waals surface area (Å²) in [6.45, 7) is 1.05. The van der Waals surface area contributed by atoms with Crippen LogP contribution in [0.5, 0.6) is 11.5 Å². The van der Waals surface area contributed by atoms with Crippen LogP contribution < -0.4 is 9.47 Å². The second-order valence-corrected chi connectivity index (χ2v) is 7.15. The van der Waals surface area contributed by atoms with Gasteiger partial charge >= 0.3 is 0 Å². The minimum Gasteiger partial charge on any atom is -0.493 e. The minimum absolute atomic E-state index is 0.0864. The van der Waals surface area contributed by atoms with E-state index >= 15 is 0 Å². The van der Waals surface area contributed by atoms with Crippen LogP contribution in [0.25, 0.3) is 0 Å². The molecule has 4 rings (SSSR count). The maximum Gasteiger partial charge on any atom is 0.184 e. The third-order valence-corrected chi connectivity index (χ3v) is 5.97. The molecule has 0 bridgehead atoms. The molecule has 5 atom stereocenters. The summed E-state index contributed by atoms with van der Waals surface area (Å²) in [4.78, 5) is 2.41. The van der Waals surface area contributed by atoms with E-state index in [1.165, 1.54) is 11.1 Å². The third-order valence-electron chi connectivity index (χ3n) is 5.97. The normalized spacial score (nSPS) is 33.1. The predicted octanol–water partition coefficient (Wildman–Crippen LogP) is 2.49. The molecule has 0 N–H and O–H groups in total. The Kier molecular flexibility index (Phi) is 4.69. The van der Waals surface area contributed by atoms with Gasteiger partial charge in [0, 0.05) is 38.3 Å². The Morgan fingerprint density at radius 3 is 2.31 bits per heavy atom. The molecule has 0 radical (unpaired) electrons. The monoisotopic (exact) mass is 361 g/mol. The molecule has 142 valence electrons. The molecule has 3 aliphatic rings. The van der Waals surface area contributed by atoms with Crippen LogP contribution in [0.1, 0.15) is 29.8 Å². The zero-order valence-electron chi connectivity index (χ0n) is 16.0. The molecule has 1 aromatic carbocycles. The smallest absolute Gasteiger partial charge is 0.184 e. The van der Waals surface area contributed by atoms with Gasteiger partial charge in [-0.1, -0.05) is 11.6 Å². The van der Waals surface area contributed by atoms with Gasteiger partial charge in [0.15, 0.2) is 17.8 Å². The van der Waals surface area contributed by atoms with E-state index in [9.17, 15) is 0 Å². The molecule has 0 saturated carbocycles. The topological polar surface area (TPSA) is 49.4 Å². The van der Waals surface area contributed by atoms with Gasteiger partial charge in [0.2, 0.25) is 0 Å². The van der Waals surface area contributed by atoms with E-state index in [4.69, 9.17) is 23.7 Å². The highest BCUT2D eigenvalue weighted by atomic mass is 16.7. The van der Waals surface area contributed by atoms with Gasteiger partial charge in [0.1, 0.15) is 6.10 Å². The Morgan fingerprint density at radius 1 is 1.00 bits per heavy atom. The Hall–Kier alpha value is -1.60. The lowest BCUT2D eigenvalue weighted by Crippen LogP contribution is -2.51. The van der Waals surface area contributed by atoms with Crippen LogP contribution in [-0.2, 0) is 14.2 Å². The van der Waals surface area contributed by atoms with Crippen molar-refractivity contribution in [3.8, 4) is 11.5 Å². The molecule has 2 heterocycles. The standard InChI is InChI=1S/C20H27NO5/c1-21-7-6-11-8-16(24-4)19-17(18(11)21)12-9-14(22-2)15(23-3)10-13(12)20(25-5)26-19/h8-10,16-20H,6-7H2,1-5H3/t16-,17-,18+,19+,20-/m0/s1. The molecule has 1 saturated heterocycles. The van der Waals surface area contributed by atoms with Gasteiger partial charge in [-0.2, -0.15) is 0 Å². The fourth-order valence-corrected chi connectivity index (χ4v) is 4.77. The van der Waals surface area contributed by atoms with E-state index in [2.05, 4.69) is 24.1 Å². The highest BCUT2D eigenvalue weighted by Gasteiger charge is 2.50. The summed E-state index contributed by atoms with van der Waals surface area (Å²) in [6, 6.07) is 4.37. The molecule has 2 aliphatic heterocycles. The molecule has 1 aromatic rings. The summed E-state index contributed by atoms with van der Waals surface area (Å²) in [5.41, 5.74) is 3.63. The lowest BCUT2D eigenvalue weighted by molar-refractivity contribution is -0.203. The number of ether oxygens (including phenoxy) is 5. The Labute approximate surface area is 154 Å². The fourth-order valence-electron chi connectivity index (χ4n) is 4.77. The second kappa shape index (κ2) is 6.85. The number of likely N-dealkylation sites (tertiary alicyclic amines) is 1. The van der Waals surface area contributed by atoms with Crippen molar-refractivity contribution >= 4 is 0 Å². The van der Waals surface area contributed by atoms with E-state index in [-0.39, 0.29) is 18.1 Å². The third kappa shape index (κ3) is 2.55. The highest BCUT2D eigenvalue weighted by molar-refractivity contribution is 5.52. The van der Waals surface area contributed by atoms with Gasteiger partial charge in [-0.05, 0) is 31.2 Å². The lowest BCUT2D eigenvalue weighted by atomic mass is 9.73. The molecule has 6 heteroatoms. The van der Waals surface area contributed by atoms with Crippen LogP contribution in [0.15, 0.2) is 23.8 Å². The molecule has 0 aromatic heterocycles. The van der Waals surface area contributed by atoms with Crippen molar-refractivity contribution < 1.29 is 23.7 Å². The molecule has 1 fully saturated rings.